The zero-order chi connectivity index (χ0) is 16.4. The molecule has 22 heavy (non-hydrogen) atoms. The highest BCUT2D eigenvalue weighted by Crippen LogP contribution is 2.26. The number of rotatable bonds is 6. The molecule has 7 heteroatoms. The fourth-order valence-electron chi connectivity index (χ4n) is 2.16. The highest BCUT2D eigenvalue weighted by Gasteiger charge is 2.24. The van der Waals surface area contributed by atoms with E-state index in [9.17, 15) is 16.8 Å². The van der Waals surface area contributed by atoms with Crippen LogP contribution in [0.3, 0.4) is 0 Å². The van der Waals surface area contributed by atoms with Crippen LogP contribution in [0.15, 0.2) is 47.9 Å². The zero-order valence-electron chi connectivity index (χ0n) is 12.1. The third-order valence-corrected chi connectivity index (χ3v) is 6.84. The highest BCUT2D eigenvalue weighted by molar-refractivity contribution is 8.04. The van der Waals surface area contributed by atoms with Gasteiger partial charge in [-0.3, -0.25) is 0 Å². The van der Waals surface area contributed by atoms with Crippen molar-refractivity contribution in [1.29, 1.82) is 0 Å². The number of nitrogens with one attached hydrogen (secondary N) is 1. The Morgan fingerprint density at radius 2 is 1.82 bits per heavy atom. The zero-order valence-corrected chi connectivity index (χ0v) is 13.7. The van der Waals surface area contributed by atoms with Gasteiger partial charge in [0.05, 0.1) is 10.6 Å². The smallest absolute Gasteiger partial charge is 0.211 e. The van der Waals surface area contributed by atoms with E-state index >= 15 is 0 Å². The van der Waals surface area contributed by atoms with E-state index in [1.165, 1.54) is 12.1 Å². The van der Waals surface area contributed by atoms with Gasteiger partial charge >= 0.3 is 0 Å². The van der Waals surface area contributed by atoms with Crippen LogP contribution in [0.5, 0.6) is 0 Å². The molecule has 0 aromatic heterocycles. The average molecular weight is 339 g/mol. The molecule has 0 aliphatic rings. The van der Waals surface area contributed by atoms with Crippen LogP contribution in [0.2, 0.25) is 0 Å². The first-order chi connectivity index (χ1) is 10.3. The van der Waals surface area contributed by atoms with E-state index in [0.29, 0.717) is 22.8 Å². The van der Waals surface area contributed by atoms with E-state index in [4.69, 9.17) is 0 Å². The minimum Gasteiger partial charge on any atom is -0.211 e. The Bertz CT molecular complexity index is 916. The van der Waals surface area contributed by atoms with Gasteiger partial charge in [0.25, 0.3) is 10.0 Å². The molecule has 0 heterocycles. The van der Waals surface area contributed by atoms with Gasteiger partial charge in [0.15, 0.2) is 0 Å². The lowest BCUT2D eigenvalue weighted by Gasteiger charge is -2.11. The monoisotopic (exact) mass is 339 g/mol. The lowest BCUT2D eigenvalue weighted by Crippen LogP contribution is -2.32. The molecule has 2 rings (SSSR count). The average Bonchev–Trinajstić information content (AvgIpc) is 2.44. The van der Waals surface area contributed by atoms with E-state index < -0.39 is 20.0 Å². The maximum atomic E-state index is 12.5. The molecule has 0 bridgehead atoms. The van der Waals surface area contributed by atoms with Gasteiger partial charge in [0, 0.05) is 5.39 Å². The standard InChI is InChI=1S/C15H17NO4S2/c1-3-9-21(17,18)16-22(19,20)15-11-12(4-2)10-13-7-5-6-8-14(13)15/h4-8,10-11,16H,2-3,9H2,1H3. The van der Waals surface area contributed by atoms with Crippen LogP contribution in [0.1, 0.15) is 18.9 Å². The van der Waals surface area contributed by atoms with Crippen LogP contribution in [-0.2, 0) is 20.0 Å². The van der Waals surface area contributed by atoms with E-state index in [1.807, 2.05) is 0 Å². The maximum Gasteiger partial charge on any atom is 0.254 e. The molecule has 0 unspecified atom stereocenters. The molecule has 0 atom stereocenters. The van der Waals surface area contributed by atoms with Crippen molar-refractivity contribution in [2.75, 3.05) is 5.75 Å². The quantitative estimate of drug-likeness (QED) is 0.877. The predicted octanol–water partition coefficient (Wildman–Crippen LogP) is 2.50. The summed E-state index contributed by atoms with van der Waals surface area (Å²) >= 11 is 0. The Hall–Kier alpha value is -1.70. The van der Waals surface area contributed by atoms with Crippen molar-refractivity contribution in [2.45, 2.75) is 18.2 Å². The summed E-state index contributed by atoms with van der Waals surface area (Å²) in [5.41, 5.74) is 0.604. The highest BCUT2D eigenvalue weighted by atomic mass is 32.3. The fraction of sp³-hybridized carbons (Fsp3) is 0.200. The molecule has 5 nitrogen and oxygen atoms in total. The van der Waals surface area contributed by atoms with Crippen molar-refractivity contribution >= 4 is 36.9 Å². The molecule has 0 fully saturated rings. The maximum absolute atomic E-state index is 12.5. The van der Waals surface area contributed by atoms with Gasteiger partial charge in [-0.15, -0.1) is 4.13 Å². The van der Waals surface area contributed by atoms with Crippen molar-refractivity contribution in [3.05, 3.63) is 48.5 Å². The Labute approximate surface area is 130 Å². The largest absolute Gasteiger partial charge is 0.254 e. The van der Waals surface area contributed by atoms with Crippen LogP contribution in [0, 0.1) is 0 Å². The lowest BCUT2D eigenvalue weighted by atomic mass is 10.1. The van der Waals surface area contributed by atoms with Gasteiger partial charge < -0.3 is 0 Å². The molecule has 0 spiro atoms. The first-order valence-electron chi connectivity index (χ1n) is 6.70. The van der Waals surface area contributed by atoms with Gasteiger partial charge in [0.1, 0.15) is 0 Å². The van der Waals surface area contributed by atoms with Gasteiger partial charge in [0.2, 0.25) is 10.0 Å². The summed E-state index contributed by atoms with van der Waals surface area (Å²) in [5.74, 6) is -0.245. The van der Waals surface area contributed by atoms with Crippen molar-refractivity contribution in [3.63, 3.8) is 0 Å². The van der Waals surface area contributed by atoms with Crippen molar-refractivity contribution in [2.24, 2.45) is 0 Å². The summed E-state index contributed by atoms with van der Waals surface area (Å²) in [6.07, 6.45) is 1.85. The predicted molar refractivity (Wildman–Crippen MR) is 88.4 cm³/mol. The third kappa shape index (κ3) is 3.55. The van der Waals surface area contributed by atoms with E-state index in [1.54, 1.807) is 41.4 Å². The summed E-state index contributed by atoms with van der Waals surface area (Å²) in [6, 6.07) is 10.1. The Morgan fingerprint density at radius 3 is 2.45 bits per heavy atom. The molecule has 118 valence electrons. The Kier molecular flexibility index (Phi) is 4.69. The number of hydrogen-bond donors (Lipinski definition) is 1. The van der Waals surface area contributed by atoms with Crippen LogP contribution in [0.25, 0.3) is 16.8 Å². The van der Waals surface area contributed by atoms with Gasteiger partial charge in [-0.1, -0.05) is 43.8 Å². The van der Waals surface area contributed by atoms with Crippen LogP contribution >= 0.6 is 0 Å². The summed E-state index contributed by atoms with van der Waals surface area (Å²) in [6.45, 7) is 5.30. The van der Waals surface area contributed by atoms with Crippen LogP contribution < -0.4 is 4.13 Å². The Morgan fingerprint density at radius 1 is 1.14 bits per heavy atom. The van der Waals surface area contributed by atoms with Crippen molar-refractivity contribution in [3.8, 4) is 0 Å². The summed E-state index contributed by atoms with van der Waals surface area (Å²) in [5, 5.41) is 1.17. The van der Waals surface area contributed by atoms with Crippen molar-refractivity contribution in [1.82, 2.24) is 4.13 Å². The third-order valence-electron chi connectivity index (χ3n) is 3.08. The molecule has 0 aliphatic carbocycles. The Balaban J connectivity index is 2.65. The second-order valence-electron chi connectivity index (χ2n) is 4.85. The second-order valence-corrected chi connectivity index (χ2v) is 8.60. The topological polar surface area (TPSA) is 80.3 Å². The van der Waals surface area contributed by atoms with Gasteiger partial charge in [-0.05, 0) is 29.5 Å². The molecule has 0 saturated heterocycles. The molecule has 2 aromatic carbocycles. The van der Waals surface area contributed by atoms with E-state index in [2.05, 4.69) is 6.58 Å². The molecule has 0 aliphatic heterocycles. The van der Waals surface area contributed by atoms with Gasteiger partial charge in [-0.25, -0.2) is 16.8 Å². The van der Waals surface area contributed by atoms with Gasteiger partial charge in [-0.2, -0.15) is 0 Å². The molecule has 0 saturated carbocycles. The van der Waals surface area contributed by atoms with Crippen LogP contribution in [-0.4, -0.2) is 22.6 Å². The minimum atomic E-state index is -4.19. The molecule has 1 N–H and O–H groups in total. The second kappa shape index (κ2) is 6.20. The molecular formula is C15H17NO4S2. The normalized spacial score (nSPS) is 12.4. The van der Waals surface area contributed by atoms with E-state index in [0.717, 1.165) is 0 Å². The van der Waals surface area contributed by atoms with Crippen molar-refractivity contribution < 1.29 is 16.8 Å². The molecular weight excluding hydrogens is 322 g/mol. The number of fused-ring (bicyclic) bond motifs is 1. The molecule has 0 radical (unpaired) electrons. The first-order valence-corrected chi connectivity index (χ1v) is 9.84. The first kappa shape index (κ1) is 16.7. The molecule has 0 amide bonds. The van der Waals surface area contributed by atoms with Crippen LogP contribution in [0.4, 0.5) is 0 Å². The number of sulfonamides is 2. The SMILES string of the molecule is C=Cc1cc(S(=O)(=O)NS(=O)(=O)CCC)c2ccccc2c1. The summed E-state index contributed by atoms with van der Waals surface area (Å²) in [7, 11) is -8.07. The number of hydrogen-bond acceptors (Lipinski definition) is 4. The lowest BCUT2D eigenvalue weighted by molar-refractivity contribution is 0.576. The minimum absolute atomic E-state index is 0.0693. The summed E-state index contributed by atoms with van der Waals surface area (Å²) in [4.78, 5) is -0.0693. The fourth-order valence-corrected chi connectivity index (χ4v) is 5.49. The number of benzene rings is 2. The summed E-state index contributed by atoms with van der Waals surface area (Å²) < 4.78 is 50.4. The molecule has 2 aromatic rings. The van der Waals surface area contributed by atoms with E-state index in [-0.39, 0.29) is 10.6 Å².